The maximum atomic E-state index is 12.3. The van der Waals surface area contributed by atoms with Gasteiger partial charge in [0.1, 0.15) is 0 Å². The minimum atomic E-state index is -3.17. The predicted molar refractivity (Wildman–Crippen MR) is 84.8 cm³/mol. The number of rotatable bonds is 4. The Labute approximate surface area is 127 Å². The zero-order chi connectivity index (χ0) is 14.7. The standard InChI is InChI=1S/C16H24N2O2S/c19-21(20,12-13-4-3-9-17-11-13)18-16-8-7-14-5-1-2-6-15(14)10-16/h1-2,5-6,13,16-18H,3-4,7-12H2. The zero-order valence-electron chi connectivity index (χ0n) is 12.3. The fraction of sp³-hybridized carbons (Fsp3) is 0.625. The van der Waals surface area contributed by atoms with Crippen LogP contribution < -0.4 is 10.0 Å². The lowest BCUT2D eigenvalue weighted by Crippen LogP contribution is -2.43. The van der Waals surface area contributed by atoms with Crippen molar-refractivity contribution in [3.05, 3.63) is 35.4 Å². The Kier molecular flexibility index (Phi) is 4.62. The smallest absolute Gasteiger partial charge is 0.212 e. The van der Waals surface area contributed by atoms with Crippen molar-refractivity contribution in [2.75, 3.05) is 18.8 Å². The second-order valence-corrected chi connectivity index (χ2v) is 8.12. The lowest BCUT2D eigenvalue weighted by molar-refractivity contribution is 0.400. The summed E-state index contributed by atoms with van der Waals surface area (Å²) in [5.74, 6) is 0.519. The predicted octanol–water partition coefficient (Wildman–Crippen LogP) is 1.46. The number of fused-ring (bicyclic) bond motifs is 1. The number of hydrogen-bond acceptors (Lipinski definition) is 3. The van der Waals surface area contributed by atoms with E-state index in [1.54, 1.807) is 0 Å². The van der Waals surface area contributed by atoms with E-state index in [1.165, 1.54) is 11.1 Å². The molecule has 116 valence electrons. The monoisotopic (exact) mass is 308 g/mol. The molecule has 1 fully saturated rings. The van der Waals surface area contributed by atoms with E-state index < -0.39 is 10.0 Å². The normalized spacial score (nSPS) is 26.3. The van der Waals surface area contributed by atoms with Crippen molar-refractivity contribution in [1.29, 1.82) is 0 Å². The first-order valence-electron chi connectivity index (χ1n) is 7.90. The van der Waals surface area contributed by atoms with Crippen LogP contribution in [0, 0.1) is 5.92 Å². The van der Waals surface area contributed by atoms with Gasteiger partial charge in [-0.1, -0.05) is 24.3 Å². The summed E-state index contributed by atoms with van der Waals surface area (Å²) in [6, 6.07) is 8.40. The molecule has 0 radical (unpaired) electrons. The van der Waals surface area contributed by atoms with Crippen LogP contribution in [0.4, 0.5) is 0 Å². The third-order valence-corrected chi connectivity index (χ3v) is 6.15. The van der Waals surface area contributed by atoms with E-state index in [0.717, 1.165) is 45.2 Å². The Morgan fingerprint density at radius 1 is 1.19 bits per heavy atom. The number of benzene rings is 1. The van der Waals surface area contributed by atoms with Crippen LogP contribution in [-0.4, -0.2) is 33.3 Å². The minimum Gasteiger partial charge on any atom is -0.316 e. The van der Waals surface area contributed by atoms with Gasteiger partial charge in [0.15, 0.2) is 0 Å². The molecule has 2 unspecified atom stereocenters. The molecular formula is C16H24N2O2S. The molecule has 21 heavy (non-hydrogen) atoms. The van der Waals surface area contributed by atoms with E-state index in [1.807, 2.05) is 6.07 Å². The summed E-state index contributed by atoms with van der Waals surface area (Å²) in [6.45, 7) is 1.85. The van der Waals surface area contributed by atoms with Crippen molar-refractivity contribution >= 4 is 10.0 Å². The number of sulfonamides is 1. The first-order valence-corrected chi connectivity index (χ1v) is 9.55. The summed E-state index contributed by atoms with van der Waals surface area (Å²) in [7, 11) is -3.17. The molecule has 1 aromatic rings. The van der Waals surface area contributed by atoms with Crippen molar-refractivity contribution in [3.8, 4) is 0 Å². The quantitative estimate of drug-likeness (QED) is 0.885. The van der Waals surface area contributed by atoms with Gasteiger partial charge in [-0.25, -0.2) is 13.1 Å². The Balaban J connectivity index is 1.58. The maximum Gasteiger partial charge on any atom is 0.212 e. The van der Waals surface area contributed by atoms with Gasteiger partial charge in [-0.05, 0) is 62.2 Å². The first kappa shape index (κ1) is 15.0. The Morgan fingerprint density at radius 2 is 2.00 bits per heavy atom. The molecule has 0 bridgehead atoms. The van der Waals surface area contributed by atoms with Gasteiger partial charge < -0.3 is 5.32 Å². The van der Waals surface area contributed by atoms with Crippen molar-refractivity contribution in [3.63, 3.8) is 0 Å². The molecule has 4 nitrogen and oxygen atoms in total. The molecule has 0 saturated carbocycles. The van der Waals surface area contributed by atoms with E-state index in [4.69, 9.17) is 0 Å². The van der Waals surface area contributed by atoms with Crippen LogP contribution in [0.25, 0.3) is 0 Å². The van der Waals surface area contributed by atoms with Crippen LogP contribution >= 0.6 is 0 Å². The molecule has 1 heterocycles. The van der Waals surface area contributed by atoms with Crippen molar-refractivity contribution in [1.82, 2.24) is 10.0 Å². The number of hydrogen-bond donors (Lipinski definition) is 2. The van der Waals surface area contributed by atoms with E-state index in [2.05, 4.69) is 28.2 Å². The van der Waals surface area contributed by atoms with Gasteiger partial charge in [0.25, 0.3) is 0 Å². The number of aryl methyl sites for hydroxylation is 1. The van der Waals surface area contributed by atoms with Crippen LogP contribution in [0.1, 0.15) is 30.4 Å². The highest BCUT2D eigenvalue weighted by Gasteiger charge is 2.26. The largest absolute Gasteiger partial charge is 0.316 e. The topological polar surface area (TPSA) is 58.2 Å². The molecule has 1 saturated heterocycles. The summed E-state index contributed by atoms with van der Waals surface area (Å²) < 4.78 is 27.6. The molecule has 0 spiro atoms. The van der Waals surface area contributed by atoms with Crippen LogP contribution in [-0.2, 0) is 22.9 Å². The highest BCUT2D eigenvalue weighted by Crippen LogP contribution is 2.22. The zero-order valence-corrected chi connectivity index (χ0v) is 13.2. The van der Waals surface area contributed by atoms with Crippen LogP contribution in [0.3, 0.4) is 0 Å². The molecule has 2 aliphatic rings. The van der Waals surface area contributed by atoms with Gasteiger partial charge in [0, 0.05) is 6.04 Å². The Bertz CT molecular complexity index is 580. The molecule has 1 aliphatic heterocycles. The molecular weight excluding hydrogens is 284 g/mol. The summed E-state index contributed by atoms with van der Waals surface area (Å²) in [5.41, 5.74) is 2.65. The molecule has 1 aliphatic carbocycles. The first-order chi connectivity index (χ1) is 10.1. The average molecular weight is 308 g/mol. The summed E-state index contributed by atoms with van der Waals surface area (Å²) in [5, 5.41) is 3.28. The van der Waals surface area contributed by atoms with Gasteiger partial charge >= 0.3 is 0 Å². The van der Waals surface area contributed by atoms with Crippen molar-refractivity contribution in [2.45, 2.75) is 38.1 Å². The number of piperidine rings is 1. The number of nitrogens with one attached hydrogen (secondary N) is 2. The summed E-state index contributed by atoms with van der Waals surface area (Å²) in [6.07, 6.45) is 4.78. The second-order valence-electron chi connectivity index (χ2n) is 6.32. The Morgan fingerprint density at radius 3 is 2.76 bits per heavy atom. The molecule has 3 rings (SSSR count). The molecule has 0 aromatic heterocycles. The molecule has 5 heteroatoms. The van der Waals surface area contributed by atoms with E-state index in [9.17, 15) is 8.42 Å². The van der Waals surface area contributed by atoms with Crippen LogP contribution in [0.2, 0.25) is 0 Å². The lowest BCUT2D eigenvalue weighted by Gasteiger charge is -2.27. The fourth-order valence-corrected chi connectivity index (χ4v) is 5.19. The van der Waals surface area contributed by atoms with Gasteiger partial charge in [-0.2, -0.15) is 0 Å². The van der Waals surface area contributed by atoms with Crippen LogP contribution in [0.5, 0.6) is 0 Å². The van der Waals surface area contributed by atoms with Crippen molar-refractivity contribution in [2.24, 2.45) is 5.92 Å². The summed E-state index contributed by atoms with van der Waals surface area (Å²) in [4.78, 5) is 0. The second kappa shape index (κ2) is 6.46. The van der Waals surface area contributed by atoms with Gasteiger partial charge in [-0.15, -0.1) is 0 Å². The highest BCUT2D eigenvalue weighted by molar-refractivity contribution is 7.89. The van der Waals surface area contributed by atoms with Gasteiger partial charge in [0.2, 0.25) is 10.0 Å². The third kappa shape index (κ3) is 4.05. The molecule has 2 N–H and O–H groups in total. The molecule has 0 amide bonds. The molecule has 2 atom stereocenters. The van der Waals surface area contributed by atoms with Gasteiger partial charge in [0.05, 0.1) is 5.75 Å². The van der Waals surface area contributed by atoms with Crippen molar-refractivity contribution < 1.29 is 8.42 Å². The third-order valence-electron chi connectivity index (χ3n) is 4.55. The van der Waals surface area contributed by atoms with E-state index in [0.29, 0.717) is 0 Å². The summed E-state index contributed by atoms with van der Waals surface area (Å²) >= 11 is 0. The SMILES string of the molecule is O=S(=O)(CC1CCCNC1)NC1CCc2ccccc2C1. The minimum absolute atomic E-state index is 0.0569. The van der Waals surface area contributed by atoms with E-state index >= 15 is 0 Å². The molecule has 1 aromatic carbocycles. The maximum absolute atomic E-state index is 12.3. The van der Waals surface area contributed by atoms with E-state index in [-0.39, 0.29) is 17.7 Å². The lowest BCUT2D eigenvalue weighted by atomic mass is 9.89. The average Bonchev–Trinajstić information content (AvgIpc) is 2.47. The van der Waals surface area contributed by atoms with Gasteiger partial charge in [-0.3, -0.25) is 0 Å². The fourth-order valence-electron chi connectivity index (χ4n) is 3.48. The van der Waals surface area contributed by atoms with Crippen LogP contribution in [0.15, 0.2) is 24.3 Å². The Hall–Kier alpha value is -0.910. The highest BCUT2D eigenvalue weighted by atomic mass is 32.2.